The van der Waals surface area contributed by atoms with E-state index >= 15 is 0 Å². The minimum atomic E-state index is 0.734. The molecule has 1 aromatic heterocycles. The first kappa shape index (κ1) is 13.5. The standard InChI is InChI=1S/C15H25N3S/c1-12-11-19-15(17-12)10-18-8-7-16-9-14(18)13-5-3-2-4-6-13/h11,13-14,16H,2-10H2,1H3. The highest BCUT2D eigenvalue weighted by Gasteiger charge is 2.30. The van der Waals surface area contributed by atoms with E-state index in [1.807, 2.05) is 11.3 Å². The number of hydrogen-bond acceptors (Lipinski definition) is 4. The molecule has 1 aliphatic carbocycles. The summed E-state index contributed by atoms with van der Waals surface area (Å²) in [7, 11) is 0. The van der Waals surface area contributed by atoms with Crippen LogP contribution in [0.4, 0.5) is 0 Å². The number of aromatic nitrogens is 1. The molecule has 2 aliphatic rings. The van der Waals surface area contributed by atoms with E-state index in [-0.39, 0.29) is 0 Å². The molecular weight excluding hydrogens is 254 g/mol. The van der Waals surface area contributed by atoms with Gasteiger partial charge in [-0.25, -0.2) is 4.98 Å². The Hall–Kier alpha value is -0.450. The molecule has 0 aromatic carbocycles. The molecule has 0 spiro atoms. The lowest BCUT2D eigenvalue weighted by molar-refractivity contribution is 0.0859. The molecule has 2 fully saturated rings. The van der Waals surface area contributed by atoms with E-state index in [1.54, 1.807) is 0 Å². The summed E-state index contributed by atoms with van der Waals surface area (Å²) in [5.74, 6) is 0.905. The molecule has 19 heavy (non-hydrogen) atoms. The maximum Gasteiger partial charge on any atom is 0.107 e. The molecule has 1 saturated heterocycles. The fraction of sp³-hybridized carbons (Fsp3) is 0.800. The van der Waals surface area contributed by atoms with E-state index in [0.29, 0.717) is 0 Å². The predicted octanol–water partition coefficient (Wildman–Crippen LogP) is 2.81. The van der Waals surface area contributed by atoms with Gasteiger partial charge < -0.3 is 5.32 Å². The van der Waals surface area contributed by atoms with E-state index in [2.05, 4.69) is 27.5 Å². The molecule has 1 N–H and O–H groups in total. The number of aryl methyl sites for hydroxylation is 1. The Balaban J connectivity index is 1.66. The molecule has 1 saturated carbocycles. The molecule has 2 heterocycles. The second-order valence-electron chi connectivity index (χ2n) is 6.02. The fourth-order valence-electron chi connectivity index (χ4n) is 3.60. The van der Waals surface area contributed by atoms with E-state index in [9.17, 15) is 0 Å². The van der Waals surface area contributed by atoms with Gasteiger partial charge in [-0.2, -0.15) is 0 Å². The normalized spacial score (nSPS) is 26.7. The van der Waals surface area contributed by atoms with E-state index in [0.717, 1.165) is 25.0 Å². The number of rotatable bonds is 3. The summed E-state index contributed by atoms with van der Waals surface area (Å²) in [5.41, 5.74) is 1.17. The van der Waals surface area contributed by atoms with Crippen molar-refractivity contribution in [3.63, 3.8) is 0 Å². The predicted molar refractivity (Wildman–Crippen MR) is 80.5 cm³/mol. The minimum absolute atomic E-state index is 0.734. The zero-order valence-corrected chi connectivity index (χ0v) is 12.7. The number of thiazole rings is 1. The Morgan fingerprint density at radius 3 is 2.95 bits per heavy atom. The maximum absolute atomic E-state index is 4.64. The van der Waals surface area contributed by atoms with Crippen molar-refractivity contribution in [2.45, 2.75) is 51.6 Å². The van der Waals surface area contributed by atoms with Crippen LogP contribution in [0, 0.1) is 12.8 Å². The molecule has 1 unspecified atom stereocenters. The van der Waals surface area contributed by atoms with Crippen molar-refractivity contribution in [3.05, 3.63) is 16.1 Å². The van der Waals surface area contributed by atoms with Crippen LogP contribution in [0.5, 0.6) is 0 Å². The maximum atomic E-state index is 4.64. The zero-order chi connectivity index (χ0) is 13.1. The second kappa shape index (κ2) is 6.33. The van der Waals surface area contributed by atoms with Crippen LogP contribution in [0.2, 0.25) is 0 Å². The highest BCUT2D eigenvalue weighted by molar-refractivity contribution is 7.09. The molecule has 0 radical (unpaired) electrons. The van der Waals surface area contributed by atoms with E-state index < -0.39 is 0 Å². The summed E-state index contributed by atoms with van der Waals surface area (Å²) in [4.78, 5) is 7.33. The molecule has 3 nitrogen and oxygen atoms in total. The number of hydrogen-bond donors (Lipinski definition) is 1. The largest absolute Gasteiger partial charge is 0.314 e. The molecule has 1 aromatic rings. The quantitative estimate of drug-likeness (QED) is 0.922. The van der Waals surface area contributed by atoms with Gasteiger partial charge in [-0.15, -0.1) is 11.3 Å². The first-order valence-electron chi connectivity index (χ1n) is 7.69. The molecule has 4 heteroatoms. The smallest absolute Gasteiger partial charge is 0.107 e. The van der Waals surface area contributed by atoms with Crippen molar-refractivity contribution in [2.75, 3.05) is 19.6 Å². The average molecular weight is 279 g/mol. The van der Waals surface area contributed by atoms with Crippen molar-refractivity contribution >= 4 is 11.3 Å². The molecular formula is C15H25N3S. The lowest BCUT2D eigenvalue weighted by Crippen LogP contribution is -2.54. The van der Waals surface area contributed by atoms with Crippen LogP contribution in [-0.2, 0) is 6.54 Å². The minimum Gasteiger partial charge on any atom is -0.314 e. The zero-order valence-electron chi connectivity index (χ0n) is 11.9. The number of nitrogens with one attached hydrogen (secondary N) is 1. The second-order valence-corrected chi connectivity index (χ2v) is 6.97. The van der Waals surface area contributed by atoms with Crippen LogP contribution in [0.3, 0.4) is 0 Å². The van der Waals surface area contributed by atoms with Crippen LogP contribution < -0.4 is 5.32 Å². The van der Waals surface area contributed by atoms with Crippen LogP contribution in [0.25, 0.3) is 0 Å². The highest BCUT2D eigenvalue weighted by atomic mass is 32.1. The van der Waals surface area contributed by atoms with E-state index in [4.69, 9.17) is 0 Å². The van der Waals surface area contributed by atoms with Gasteiger partial charge >= 0.3 is 0 Å². The number of piperazine rings is 1. The lowest BCUT2D eigenvalue weighted by Gasteiger charge is -2.41. The summed E-state index contributed by atoms with van der Waals surface area (Å²) in [6.07, 6.45) is 7.18. The third kappa shape index (κ3) is 3.36. The van der Waals surface area contributed by atoms with Gasteiger partial charge in [-0.1, -0.05) is 19.3 Å². The Bertz CT molecular complexity index is 398. The molecule has 0 amide bonds. The third-order valence-corrected chi connectivity index (χ3v) is 5.55. The Morgan fingerprint density at radius 1 is 1.37 bits per heavy atom. The van der Waals surface area contributed by atoms with Crippen molar-refractivity contribution in [1.29, 1.82) is 0 Å². The fourth-order valence-corrected chi connectivity index (χ4v) is 4.39. The van der Waals surface area contributed by atoms with Crippen molar-refractivity contribution in [3.8, 4) is 0 Å². The van der Waals surface area contributed by atoms with Crippen LogP contribution >= 0.6 is 11.3 Å². The number of nitrogens with zero attached hydrogens (tertiary/aromatic N) is 2. The van der Waals surface area contributed by atoms with Crippen molar-refractivity contribution in [1.82, 2.24) is 15.2 Å². The Morgan fingerprint density at radius 2 is 2.21 bits per heavy atom. The van der Waals surface area contributed by atoms with E-state index in [1.165, 1.54) is 55.9 Å². The SMILES string of the molecule is Cc1csc(CN2CCNCC2C2CCCCC2)n1. The molecule has 0 bridgehead atoms. The highest BCUT2D eigenvalue weighted by Crippen LogP contribution is 2.30. The third-order valence-electron chi connectivity index (χ3n) is 4.60. The lowest BCUT2D eigenvalue weighted by atomic mass is 9.82. The molecule has 3 rings (SSSR count). The summed E-state index contributed by atoms with van der Waals surface area (Å²) >= 11 is 1.82. The monoisotopic (exact) mass is 279 g/mol. The topological polar surface area (TPSA) is 28.2 Å². The molecule has 1 atom stereocenters. The first-order chi connectivity index (χ1) is 9.33. The van der Waals surface area contributed by atoms with Gasteiger partial charge in [-0.05, 0) is 25.7 Å². The molecule has 1 aliphatic heterocycles. The van der Waals surface area contributed by atoms with Crippen LogP contribution in [0.1, 0.15) is 42.8 Å². The summed E-state index contributed by atoms with van der Waals surface area (Å²) < 4.78 is 0. The van der Waals surface area contributed by atoms with Gasteiger partial charge in [0.1, 0.15) is 5.01 Å². The first-order valence-corrected chi connectivity index (χ1v) is 8.56. The summed E-state index contributed by atoms with van der Waals surface area (Å²) in [6, 6.07) is 0.734. The van der Waals surface area contributed by atoms with Gasteiger partial charge in [0.2, 0.25) is 0 Å². The van der Waals surface area contributed by atoms with Crippen LogP contribution in [-0.4, -0.2) is 35.6 Å². The van der Waals surface area contributed by atoms with Crippen molar-refractivity contribution in [2.24, 2.45) is 5.92 Å². The van der Waals surface area contributed by atoms with Crippen LogP contribution in [0.15, 0.2) is 5.38 Å². The van der Waals surface area contributed by atoms with Gasteiger partial charge in [-0.3, -0.25) is 4.90 Å². The Labute approximate surface area is 120 Å². The van der Waals surface area contributed by atoms with Crippen molar-refractivity contribution < 1.29 is 0 Å². The van der Waals surface area contributed by atoms with Gasteiger partial charge in [0, 0.05) is 36.8 Å². The Kier molecular flexibility index (Phi) is 4.51. The molecule has 106 valence electrons. The summed E-state index contributed by atoms with van der Waals surface area (Å²) in [5, 5.41) is 7.06. The van der Waals surface area contributed by atoms with Gasteiger partial charge in [0.15, 0.2) is 0 Å². The summed E-state index contributed by atoms with van der Waals surface area (Å²) in [6.45, 7) is 6.64. The van der Waals surface area contributed by atoms with Gasteiger partial charge in [0.25, 0.3) is 0 Å². The van der Waals surface area contributed by atoms with Gasteiger partial charge in [0.05, 0.1) is 6.54 Å². The average Bonchev–Trinajstić information content (AvgIpc) is 2.86.